The number of carbonyl (C=O) groups excluding carboxylic acids is 3. The number of methoxy groups -OCH3 is 3. The number of amides is 1. The van der Waals surface area contributed by atoms with Crippen LogP contribution in [0.1, 0.15) is 18.4 Å². The van der Waals surface area contributed by atoms with Crippen molar-refractivity contribution in [3.63, 3.8) is 0 Å². The zero-order chi connectivity index (χ0) is 21.5. The van der Waals surface area contributed by atoms with Gasteiger partial charge in [0.25, 0.3) is 0 Å². The van der Waals surface area contributed by atoms with Crippen LogP contribution in [0.4, 0.5) is 0 Å². The number of hydrogen-bond acceptors (Lipinski definition) is 9. The van der Waals surface area contributed by atoms with E-state index in [4.69, 9.17) is 19.9 Å². The fraction of sp³-hybridized carbons (Fsp3) is 0.316. The van der Waals surface area contributed by atoms with Crippen molar-refractivity contribution in [2.75, 3.05) is 21.3 Å². The van der Waals surface area contributed by atoms with Crippen molar-refractivity contribution in [1.29, 1.82) is 0 Å². The molecule has 2 aliphatic heterocycles. The Morgan fingerprint density at radius 2 is 1.76 bits per heavy atom. The molecule has 3 N–H and O–H groups in total. The fourth-order valence-electron chi connectivity index (χ4n) is 3.36. The normalized spacial score (nSPS) is 21.2. The van der Waals surface area contributed by atoms with Gasteiger partial charge in [-0.05, 0) is 24.6 Å². The van der Waals surface area contributed by atoms with E-state index in [0.29, 0.717) is 10.6 Å². The lowest BCUT2D eigenvalue weighted by molar-refractivity contribution is -0.137. The quantitative estimate of drug-likeness (QED) is 0.690. The maximum absolute atomic E-state index is 12.8. The van der Waals surface area contributed by atoms with Crippen LogP contribution in [-0.2, 0) is 23.9 Å². The molecule has 3 rings (SSSR count). The van der Waals surface area contributed by atoms with Crippen LogP contribution in [0.5, 0.6) is 11.5 Å². The maximum Gasteiger partial charge on any atom is 0.338 e. The van der Waals surface area contributed by atoms with Crippen molar-refractivity contribution in [2.45, 2.75) is 18.1 Å². The van der Waals surface area contributed by atoms with E-state index in [1.165, 1.54) is 39.5 Å². The number of nitrogens with zero attached hydrogens (tertiary/aromatic N) is 1. The molecule has 1 aromatic carbocycles. The van der Waals surface area contributed by atoms with Crippen LogP contribution >= 0.6 is 11.8 Å². The molecule has 2 aliphatic rings. The third-order valence-electron chi connectivity index (χ3n) is 4.73. The van der Waals surface area contributed by atoms with Gasteiger partial charge in [0.05, 0.1) is 48.7 Å². The van der Waals surface area contributed by atoms with E-state index in [2.05, 4.69) is 0 Å². The highest BCUT2D eigenvalue weighted by atomic mass is 32.2. The molecular weight excluding hydrogens is 400 g/mol. The first-order valence-corrected chi connectivity index (χ1v) is 9.42. The van der Waals surface area contributed by atoms with Crippen LogP contribution in [0, 0.1) is 0 Å². The molecule has 1 saturated heterocycles. The molecule has 1 fully saturated rings. The van der Waals surface area contributed by atoms with Gasteiger partial charge in [-0.3, -0.25) is 9.69 Å². The first-order chi connectivity index (χ1) is 13.8. The van der Waals surface area contributed by atoms with Crippen LogP contribution < -0.4 is 10.5 Å². The predicted molar refractivity (Wildman–Crippen MR) is 104 cm³/mol. The summed E-state index contributed by atoms with van der Waals surface area (Å²) in [5.41, 5.74) is 6.67. The highest BCUT2D eigenvalue weighted by molar-refractivity contribution is 8.04. The molecule has 29 heavy (non-hydrogen) atoms. The molecule has 2 heterocycles. The largest absolute Gasteiger partial charge is 0.504 e. The number of ether oxygens (including phenoxy) is 3. The second-order valence-corrected chi connectivity index (χ2v) is 7.63. The van der Waals surface area contributed by atoms with Gasteiger partial charge in [-0.15, -0.1) is 0 Å². The summed E-state index contributed by atoms with van der Waals surface area (Å²) in [6, 6.07) is 4.39. The van der Waals surface area contributed by atoms with Gasteiger partial charge in [-0.25, -0.2) is 9.59 Å². The average Bonchev–Trinajstić information content (AvgIpc) is 3.01. The Morgan fingerprint density at radius 1 is 1.14 bits per heavy atom. The minimum Gasteiger partial charge on any atom is -0.504 e. The molecular formula is C19H20N2O7S. The SMILES string of the molecule is COC(=O)C1=C(N)N2C(=O)C(C)SC2=C(C(=O)OC)C1c1ccc(O)c(OC)c1. The van der Waals surface area contributed by atoms with Gasteiger partial charge >= 0.3 is 11.9 Å². The molecule has 9 nitrogen and oxygen atoms in total. The number of hydrogen-bond donors (Lipinski definition) is 2. The Balaban J connectivity index is 2.34. The topological polar surface area (TPSA) is 128 Å². The smallest absolute Gasteiger partial charge is 0.338 e. The third kappa shape index (κ3) is 3.19. The maximum atomic E-state index is 12.8. The van der Waals surface area contributed by atoms with Crippen molar-refractivity contribution in [2.24, 2.45) is 5.73 Å². The van der Waals surface area contributed by atoms with E-state index >= 15 is 0 Å². The first-order valence-electron chi connectivity index (χ1n) is 8.54. The molecule has 2 unspecified atom stereocenters. The number of carbonyl (C=O) groups is 3. The second-order valence-electron chi connectivity index (χ2n) is 6.30. The lowest BCUT2D eigenvalue weighted by Crippen LogP contribution is -2.40. The summed E-state index contributed by atoms with van der Waals surface area (Å²) < 4.78 is 15.0. The van der Waals surface area contributed by atoms with E-state index in [-0.39, 0.29) is 34.4 Å². The summed E-state index contributed by atoms with van der Waals surface area (Å²) in [5.74, 6) is -2.93. The van der Waals surface area contributed by atoms with Gasteiger partial charge < -0.3 is 25.1 Å². The molecule has 0 spiro atoms. The number of nitrogens with two attached hydrogens (primary N) is 1. The molecule has 0 aliphatic carbocycles. The van der Waals surface area contributed by atoms with Crippen LogP contribution in [0.25, 0.3) is 0 Å². The van der Waals surface area contributed by atoms with Crippen molar-refractivity contribution < 1.29 is 33.7 Å². The zero-order valence-corrected chi connectivity index (χ0v) is 17.0. The Labute approximate surface area is 171 Å². The molecule has 2 atom stereocenters. The zero-order valence-electron chi connectivity index (χ0n) is 16.2. The average molecular weight is 420 g/mol. The summed E-state index contributed by atoms with van der Waals surface area (Å²) >= 11 is 1.15. The monoisotopic (exact) mass is 420 g/mol. The van der Waals surface area contributed by atoms with Gasteiger partial charge in [-0.2, -0.15) is 0 Å². The number of rotatable bonds is 4. The molecule has 0 saturated carbocycles. The van der Waals surface area contributed by atoms with Crippen molar-refractivity contribution in [3.8, 4) is 11.5 Å². The molecule has 154 valence electrons. The minimum atomic E-state index is -0.985. The second kappa shape index (κ2) is 7.70. The Kier molecular flexibility index (Phi) is 5.47. The van der Waals surface area contributed by atoms with Crippen molar-refractivity contribution in [1.82, 2.24) is 4.90 Å². The van der Waals surface area contributed by atoms with E-state index < -0.39 is 23.1 Å². The van der Waals surface area contributed by atoms with E-state index in [1.54, 1.807) is 6.92 Å². The summed E-state index contributed by atoms with van der Waals surface area (Å²) in [6.07, 6.45) is 0. The van der Waals surface area contributed by atoms with Gasteiger partial charge in [0, 0.05) is 0 Å². The Bertz CT molecular complexity index is 969. The number of fused-ring (bicyclic) bond motifs is 1. The number of thioether (sulfide) groups is 1. The first kappa shape index (κ1) is 20.6. The number of phenolic OH excluding ortho intramolecular Hbond substituents is 1. The number of benzene rings is 1. The van der Waals surface area contributed by atoms with Crippen LogP contribution in [-0.4, -0.2) is 54.4 Å². The molecule has 0 radical (unpaired) electrons. The highest BCUT2D eigenvalue weighted by Crippen LogP contribution is 2.50. The molecule has 0 aromatic heterocycles. The fourth-order valence-corrected chi connectivity index (χ4v) is 4.52. The lowest BCUT2D eigenvalue weighted by Gasteiger charge is -2.33. The molecule has 1 amide bonds. The van der Waals surface area contributed by atoms with Crippen LogP contribution in [0.3, 0.4) is 0 Å². The standard InChI is InChI=1S/C19H20N2O7S/c1-8-16(23)21-15(20)13(18(24)27-3)12(14(17(21)29-8)19(25)28-4)9-5-6-10(22)11(7-9)26-2/h5-8,12,22H,20H2,1-4H3. The van der Waals surface area contributed by atoms with Crippen molar-refractivity contribution in [3.05, 3.63) is 45.8 Å². The van der Waals surface area contributed by atoms with Gasteiger partial charge in [0.2, 0.25) is 5.91 Å². The van der Waals surface area contributed by atoms with Gasteiger partial charge in [0.1, 0.15) is 5.82 Å². The highest BCUT2D eigenvalue weighted by Gasteiger charge is 2.49. The minimum absolute atomic E-state index is 0.0764. The van der Waals surface area contributed by atoms with E-state index in [1.807, 2.05) is 0 Å². The number of esters is 2. The van der Waals surface area contributed by atoms with Gasteiger partial charge in [-0.1, -0.05) is 17.8 Å². The number of aromatic hydroxyl groups is 1. The summed E-state index contributed by atoms with van der Waals surface area (Å²) in [5, 5.41) is 9.73. The van der Waals surface area contributed by atoms with Crippen molar-refractivity contribution >= 4 is 29.6 Å². The lowest BCUT2D eigenvalue weighted by atomic mass is 9.82. The van der Waals surface area contributed by atoms with Crippen LogP contribution in [0.2, 0.25) is 0 Å². The molecule has 0 bridgehead atoms. The summed E-state index contributed by atoms with van der Waals surface area (Å²) in [4.78, 5) is 39.2. The van der Waals surface area contributed by atoms with E-state index in [9.17, 15) is 19.5 Å². The third-order valence-corrected chi connectivity index (χ3v) is 5.91. The van der Waals surface area contributed by atoms with Crippen LogP contribution in [0.15, 0.2) is 40.2 Å². The Morgan fingerprint density at radius 3 is 2.34 bits per heavy atom. The van der Waals surface area contributed by atoms with Gasteiger partial charge in [0.15, 0.2) is 11.5 Å². The summed E-state index contributed by atoms with van der Waals surface area (Å²) in [6.45, 7) is 1.68. The Hall–Kier alpha value is -3.14. The predicted octanol–water partition coefficient (Wildman–Crippen LogP) is 1.19. The van der Waals surface area contributed by atoms with E-state index in [0.717, 1.165) is 16.7 Å². The summed E-state index contributed by atoms with van der Waals surface area (Å²) in [7, 11) is 3.76. The number of phenols is 1. The molecule has 1 aromatic rings. The molecule has 10 heteroatoms.